The fourth-order valence-corrected chi connectivity index (χ4v) is 1.55. The molecule has 86 valence electrons. The van der Waals surface area contributed by atoms with Crippen LogP contribution in [0.4, 0.5) is 5.69 Å². The van der Waals surface area contributed by atoms with E-state index in [-0.39, 0.29) is 17.4 Å². The zero-order valence-electron chi connectivity index (χ0n) is 9.69. The van der Waals surface area contributed by atoms with Crippen LogP contribution in [0.1, 0.15) is 49.0 Å². The summed E-state index contributed by atoms with van der Waals surface area (Å²) in [4.78, 5) is 21.7. The molecular weight excluding hydrogens is 206 g/mol. The SMILES string of the molecule is CC[C@@H](C)c1cc(C(C)=O)ccc1[N+](=O)[O-]. The van der Waals surface area contributed by atoms with Gasteiger partial charge in [0, 0.05) is 17.2 Å². The molecule has 1 rings (SSSR count). The van der Waals surface area contributed by atoms with Crippen molar-refractivity contribution in [2.45, 2.75) is 33.1 Å². The number of nitrogens with zero attached hydrogens (tertiary/aromatic N) is 1. The average molecular weight is 221 g/mol. The molecule has 0 aromatic heterocycles. The van der Waals surface area contributed by atoms with Gasteiger partial charge in [0.2, 0.25) is 0 Å². The molecule has 1 aromatic rings. The molecule has 1 atom stereocenters. The van der Waals surface area contributed by atoms with Crippen LogP contribution in [0.3, 0.4) is 0 Å². The molecule has 0 heterocycles. The number of carbonyl (C=O) groups excluding carboxylic acids is 1. The Morgan fingerprint density at radius 3 is 2.56 bits per heavy atom. The molecule has 0 bridgehead atoms. The van der Waals surface area contributed by atoms with Gasteiger partial charge in [-0.25, -0.2) is 0 Å². The Hall–Kier alpha value is -1.71. The number of hydrogen-bond donors (Lipinski definition) is 0. The fourth-order valence-electron chi connectivity index (χ4n) is 1.55. The topological polar surface area (TPSA) is 60.2 Å². The molecule has 0 radical (unpaired) electrons. The predicted octanol–water partition coefficient (Wildman–Crippen LogP) is 3.31. The van der Waals surface area contributed by atoms with Gasteiger partial charge in [-0.3, -0.25) is 14.9 Å². The second-order valence-electron chi connectivity index (χ2n) is 3.90. The third kappa shape index (κ3) is 2.45. The summed E-state index contributed by atoms with van der Waals surface area (Å²) in [5, 5.41) is 10.8. The van der Waals surface area contributed by atoms with Crippen LogP contribution in [0, 0.1) is 10.1 Å². The minimum atomic E-state index is -0.397. The molecule has 0 N–H and O–H groups in total. The van der Waals surface area contributed by atoms with E-state index in [1.165, 1.54) is 19.1 Å². The first-order valence-electron chi connectivity index (χ1n) is 5.26. The van der Waals surface area contributed by atoms with Gasteiger partial charge in [-0.1, -0.05) is 13.8 Å². The van der Waals surface area contributed by atoms with Gasteiger partial charge in [0.15, 0.2) is 5.78 Å². The van der Waals surface area contributed by atoms with E-state index < -0.39 is 4.92 Å². The normalized spacial score (nSPS) is 12.2. The highest BCUT2D eigenvalue weighted by atomic mass is 16.6. The van der Waals surface area contributed by atoms with Crippen molar-refractivity contribution in [3.8, 4) is 0 Å². The third-order valence-electron chi connectivity index (χ3n) is 2.77. The van der Waals surface area contributed by atoms with Crippen LogP contribution >= 0.6 is 0 Å². The summed E-state index contributed by atoms with van der Waals surface area (Å²) in [6.45, 7) is 5.35. The van der Waals surface area contributed by atoms with E-state index in [9.17, 15) is 14.9 Å². The first kappa shape index (κ1) is 12.4. The summed E-state index contributed by atoms with van der Waals surface area (Å²) in [5.41, 5.74) is 1.26. The fraction of sp³-hybridized carbons (Fsp3) is 0.417. The molecule has 0 amide bonds. The lowest BCUT2D eigenvalue weighted by atomic mass is 9.94. The Labute approximate surface area is 94.4 Å². The molecule has 0 aliphatic heterocycles. The van der Waals surface area contributed by atoms with Crippen LogP contribution in [0.5, 0.6) is 0 Å². The second kappa shape index (κ2) is 4.88. The van der Waals surface area contributed by atoms with E-state index in [0.29, 0.717) is 11.1 Å². The molecule has 0 aliphatic rings. The highest BCUT2D eigenvalue weighted by Gasteiger charge is 2.19. The molecule has 0 saturated carbocycles. The largest absolute Gasteiger partial charge is 0.295 e. The van der Waals surface area contributed by atoms with Crippen molar-refractivity contribution in [3.05, 3.63) is 39.4 Å². The van der Waals surface area contributed by atoms with Gasteiger partial charge in [0.25, 0.3) is 5.69 Å². The molecule has 0 spiro atoms. The second-order valence-corrected chi connectivity index (χ2v) is 3.90. The van der Waals surface area contributed by atoms with Crippen LogP contribution in [0.15, 0.2) is 18.2 Å². The molecule has 0 aliphatic carbocycles. The molecule has 1 aromatic carbocycles. The van der Waals surface area contributed by atoms with Gasteiger partial charge in [-0.15, -0.1) is 0 Å². The number of ketones is 1. The van der Waals surface area contributed by atoms with Crippen LogP contribution in [-0.4, -0.2) is 10.7 Å². The van der Waals surface area contributed by atoms with Gasteiger partial charge < -0.3 is 0 Å². The number of hydrogen-bond acceptors (Lipinski definition) is 3. The van der Waals surface area contributed by atoms with E-state index in [1.54, 1.807) is 6.07 Å². The van der Waals surface area contributed by atoms with E-state index in [0.717, 1.165) is 6.42 Å². The number of rotatable bonds is 4. The van der Waals surface area contributed by atoms with Gasteiger partial charge in [-0.2, -0.15) is 0 Å². The van der Waals surface area contributed by atoms with Crippen molar-refractivity contribution in [3.63, 3.8) is 0 Å². The minimum Gasteiger partial charge on any atom is -0.295 e. The Kier molecular flexibility index (Phi) is 3.77. The Bertz CT molecular complexity index is 426. The standard InChI is InChI=1S/C12H15NO3/c1-4-8(2)11-7-10(9(3)14)5-6-12(11)13(15)16/h5-8H,4H2,1-3H3/t8-/m1/s1. The third-order valence-corrected chi connectivity index (χ3v) is 2.77. The maximum absolute atomic E-state index is 11.2. The first-order chi connectivity index (χ1) is 7.47. The maximum Gasteiger partial charge on any atom is 0.272 e. The highest BCUT2D eigenvalue weighted by molar-refractivity contribution is 5.94. The summed E-state index contributed by atoms with van der Waals surface area (Å²) >= 11 is 0. The van der Waals surface area contributed by atoms with E-state index in [2.05, 4.69) is 0 Å². The number of carbonyl (C=O) groups is 1. The molecule has 4 heteroatoms. The molecular formula is C12H15NO3. The monoisotopic (exact) mass is 221 g/mol. The molecule has 16 heavy (non-hydrogen) atoms. The number of nitro benzene ring substituents is 1. The van der Waals surface area contributed by atoms with Crippen molar-refractivity contribution < 1.29 is 9.72 Å². The maximum atomic E-state index is 11.2. The smallest absolute Gasteiger partial charge is 0.272 e. The van der Waals surface area contributed by atoms with Crippen LogP contribution < -0.4 is 0 Å². The van der Waals surface area contributed by atoms with Crippen molar-refractivity contribution >= 4 is 11.5 Å². The molecule has 0 fully saturated rings. The Morgan fingerprint density at radius 2 is 2.12 bits per heavy atom. The van der Waals surface area contributed by atoms with Crippen LogP contribution in [-0.2, 0) is 0 Å². The van der Waals surface area contributed by atoms with E-state index in [4.69, 9.17) is 0 Å². The van der Waals surface area contributed by atoms with Crippen molar-refractivity contribution in [2.75, 3.05) is 0 Å². The Balaban J connectivity index is 3.32. The van der Waals surface area contributed by atoms with Gasteiger partial charge in [0.05, 0.1) is 4.92 Å². The minimum absolute atomic E-state index is 0.0700. The van der Waals surface area contributed by atoms with Crippen LogP contribution in [0.2, 0.25) is 0 Å². The van der Waals surface area contributed by atoms with Crippen molar-refractivity contribution in [2.24, 2.45) is 0 Å². The molecule has 0 saturated heterocycles. The molecule has 0 unspecified atom stereocenters. The van der Waals surface area contributed by atoms with Gasteiger partial charge >= 0.3 is 0 Å². The summed E-state index contributed by atoms with van der Waals surface area (Å²) in [7, 11) is 0. The predicted molar refractivity (Wildman–Crippen MR) is 61.8 cm³/mol. The summed E-state index contributed by atoms with van der Waals surface area (Å²) in [6, 6.07) is 4.55. The van der Waals surface area contributed by atoms with Gasteiger partial charge in [-0.05, 0) is 31.4 Å². The van der Waals surface area contributed by atoms with Gasteiger partial charge in [0.1, 0.15) is 0 Å². The van der Waals surface area contributed by atoms with Crippen LogP contribution in [0.25, 0.3) is 0 Å². The summed E-state index contributed by atoms with van der Waals surface area (Å²) < 4.78 is 0. The van der Waals surface area contributed by atoms with Crippen molar-refractivity contribution in [1.82, 2.24) is 0 Å². The summed E-state index contributed by atoms with van der Waals surface area (Å²) in [6.07, 6.45) is 0.808. The number of benzene rings is 1. The highest BCUT2D eigenvalue weighted by Crippen LogP contribution is 2.29. The zero-order valence-corrected chi connectivity index (χ0v) is 9.69. The van der Waals surface area contributed by atoms with Crippen molar-refractivity contribution in [1.29, 1.82) is 0 Å². The quantitative estimate of drug-likeness (QED) is 0.445. The summed E-state index contributed by atoms with van der Waals surface area (Å²) in [5.74, 6) is 0.0131. The number of Topliss-reactive ketones (excluding diaryl/α,β-unsaturated/α-hetero) is 1. The molecule has 4 nitrogen and oxygen atoms in total. The number of nitro groups is 1. The van der Waals surface area contributed by atoms with E-state index in [1.807, 2.05) is 13.8 Å². The average Bonchev–Trinajstić information content (AvgIpc) is 2.26. The lowest BCUT2D eigenvalue weighted by Crippen LogP contribution is -2.02. The van der Waals surface area contributed by atoms with E-state index >= 15 is 0 Å². The zero-order chi connectivity index (χ0) is 12.3. The Morgan fingerprint density at radius 1 is 1.50 bits per heavy atom. The first-order valence-corrected chi connectivity index (χ1v) is 5.26. The lowest BCUT2D eigenvalue weighted by molar-refractivity contribution is -0.385. The lowest BCUT2D eigenvalue weighted by Gasteiger charge is -2.10.